The average molecular weight is 548 g/mol. The molecule has 0 aliphatic heterocycles. The number of phenols is 1. The van der Waals surface area contributed by atoms with Crippen LogP contribution in [0, 0.1) is 0 Å². The highest BCUT2D eigenvalue weighted by molar-refractivity contribution is 9.10. The minimum Gasteiger partial charge on any atom is -0.507 e. The van der Waals surface area contributed by atoms with Crippen LogP contribution >= 0.6 is 15.9 Å². The van der Waals surface area contributed by atoms with Crippen molar-refractivity contribution in [2.24, 2.45) is 5.10 Å². The Morgan fingerprint density at radius 3 is 2.42 bits per heavy atom. The van der Waals surface area contributed by atoms with Gasteiger partial charge in [-0.25, -0.2) is 5.43 Å². The molecule has 36 heavy (non-hydrogen) atoms. The van der Waals surface area contributed by atoms with E-state index in [0.717, 1.165) is 10.8 Å². The third kappa shape index (κ3) is 6.00. The molecule has 9 heteroatoms. The van der Waals surface area contributed by atoms with Crippen LogP contribution in [0.3, 0.4) is 0 Å². The number of rotatable bonds is 8. The Kier molecular flexibility index (Phi) is 7.82. The largest absolute Gasteiger partial charge is 0.507 e. The SMILES string of the molecule is COc1cc(C=NNC(=O)c2cc3ccccc3cc2O)cc(Br)c1OCC(=O)Nc1ccccc1. The van der Waals surface area contributed by atoms with E-state index in [1.54, 1.807) is 30.3 Å². The van der Waals surface area contributed by atoms with Crippen LogP contribution in [-0.4, -0.2) is 36.9 Å². The van der Waals surface area contributed by atoms with Crippen LogP contribution < -0.4 is 20.2 Å². The van der Waals surface area contributed by atoms with E-state index < -0.39 is 5.91 Å². The van der Waals surface area contributed by atoms with Gasteiger partial charge in [0.25, 0.3) is 11.8 Å². The molecular weight excluding hydrogens is 526 g/mol. The molecule has 3 N–H and O–H groups in total. The molecule has 8 nitrogen and oxygen atoms in total. The van der Waals surface area contributed by atoms with Gasteiger partial charge >= 0.3 is 0 Å². The number of carbonyl (C=O) groups excluding carboxylic acids is 2. The van der Waals surface area contributed by atoms with Crippen molar-refractivity contribution in [2.75, 3.05) is 19.0 Å². The molecule has 0 bridgehead atoms. The standard InChI is InChI=1S/C27H22BrN3O5/c1-35-24-12-17(11-22(28)26(24)36-16-25(33)30-20-9-3-2-4-10-20)15-29-31-27(34)21-13-18-7-5-6-8-19(18)14-23(21)32/h2-15,32H,16H2,1H3,(H,30,33)(H,31,34). The first-order valence-corrected chi connectivity index (χ1v) is 11.6. The summed E-state index contributed by atoms with van der Waals surface area (Å²) in [4.78, 5) is 24.8. The van der Waals surface area contributed by atoms with Gasteiger partial charge in [-0.3, -0.25) is 9.59 Å². The molecule has 0 aliphatic carbocycles. The van der Waals surface area contributed by atoms with Crippen molar-refractivity contribution >= 4 is 50.4 Å². The molecule has 0 radical (unpaired) electrons. The van der Waals surface area contributed by atoms with Gasteiger partial charge in [0.1, 0.15) is 5.75 Å². The van der Waals surface area contributed by atoms with Crippen LogP contribution in [0.5, 0.6) is 17.2 Å². The third-order valence-electron chi connectivity index (χ3n) is 5.15. The molecule has 4 rings (SSSR count). The number of para-hydroxylation sites is 1. The maximum Gasteiger partial charge on any atom is 0.275 e. The third-order valence-corrected chi connectivity index (χ3v) is 5.73. The van der Waals surface area contributed by atoms with Crippen molar-refractivity contribution in [3.8, 4) is 17.2 Å². The van der Waals surface area contributed by atoms with Crippen molar-refractivity contribution in [1.82, 2.24) is 5.43 Å². The lowest BCUT2D eigenvalue weighted by molar-refractivity contribution is -0.118. The molecule has 0 unspecified atom stereocenters. The van der Waals surface area contributed by atoms with E-state index in [0.29, 0.717) is 27.2 Å². The van der Waals surface area contributed by atoms with Crippen LogP contribution in [0.4, 0.5) is 5.69 Å². The molecule has 0 saturated heterocycles. The summed E-state index contributed by atoms with van der Waals surface area (Å²) in [6, 6.07) is 23.0. The topological polar surface area (TPSA) is 109 Å². The quantitative estimate of drug-likeness (QED) is 0.210. The van der Waals surface area contributed by atoms with Crippen LogP contribution in [-0.2, 0) is 4.79 Å². The van der Waals surface area contributed by atoms with Gasteiger partial charge in [-0.2, -0.15) is 5.10 Å². The Labute approximate surface area is 215 Å². The molecule has 0 fully saturated rings. The lowest BCUT2D eigenvalue weighted by atomic mass is 10.1. The summed E-state index contributed by atoms with van der Waals surface area (Å²) in [7, 11) is 1.48. The molecule has 0 atom stereocenters. The fourth-order valence-corrected chi connectivity index (χ4v) is 4.02. The van der Waals surface area contributed by atoms with E-state index in [2.05, 4.69) is 31.8 Å². The second-order valence-corrected chi connectivity index (χ2v) is 8.51. The van der Waals surface area contributed by atoms with E-state index in [1.807, 2.05) is 42.5 Å². The van der Waals surface area contributed by atoms with Crippen molar-refractivity contribution < 1.29 is 24.2 Å². The first kappa shape index (κ1) is 24.7. The lowest BCUT2D eigenvalue weighted by Gasteiger charge is -2.13. The highest BCUT2D eigenvalue weighted by atomic mass is 79.9. The van der Waals surface area contributed by atoms with Crippen molar-refractivity contribution in [2.45, 2.75) is 0 Å². The lowest BCUT2D eigenvalue weighted by Crippen LogP contribution is -2.20. The number of anilines is 1. The Balaban J connectivity index is 1.41. The first-order valence-electron chi connectivity index (χ1n) is 10.8. The molecule has 0 spiro atoms. The molecular formula is C27H22BrN3O5. The Bertz CT molecular complexity index is 1440. The fraction of sp³-hybridized carbons (Fsp3) is 0.0741. The summed E-state index contributed by atoms with van der Waals surface area (Å²) in [5.41, 5.74) is 3.80. The van der Waals surface area contributed by atoms with Gasteiger partial charge in [0.05, 0.1) is 23.4 Å². The summed E-state index contributed by atoms with van der Waals surface area (Å²) < 4.78 is 11.6. The number of hydrogen-bond donors (Lipinski definition) is 3. The van der Waals surface area contributed by atoms with Crippen LogP contribution in [0.15, 0.2) is 88.4 Å². The number of benzene rings is 4. The van der Waals surface area contributed by atoms with E-state index in [1.165, 1.54) is 19.4 Å². The summed E-state index contributed by atoms with van der Waals surface area (Å²) in [5.74, 6) is -0.284. The zero-order valence-electron chi connectivity index (χ0n) is 19.2. The second-order valence-electron chi connectivity index (χ2n) is 7.65. The molecule has 0 aliphatic rings. The minimum absolute atomic E-state index is 0.113. The normalized spacial score (nSPS) is 10.8. The molecule has 0 saturated carbocycles. The van der Waals surface area contributed by atoms with Gasteiger partial charge in [-0.15, -0.1) is 0 Å². The van der Waals surface area contributed by atoms with Crippen LogP contribution in [0.2, 0.25) is 0 Å². The van der Waals surface area contributed by atoms with Gasteiger partial charge in [0.15, 0.2) is 18.1 Å². The summed E-state index contributed by atoms with van der Waals surface area (Å²) >= 11 is 3.43. The van der Waals surface area contributed by atoms with Gasteiger partial charge in [0.2, 0.25) is 0 Å². The van der Waals surface area contributed by atoms with Gasteiger partial charge in [-0.05, 0) is 68.7 Å². The summed E-state index contributed by atoms with van der Waals surface area (Å²) in [6.07, 6.45) is 1.43. The van der Waals surface area contributed by atoms with E-state index in [-0.39, 0.29) is 23.8 Å². The molecule has 0 heterocycles. The maximum absolute atomic E-state index is 12.5. The number of amides is 2. The molecule has 4 aromatic carbocycles. The Morgan fingerprint density at radius 1 is 1.00 bits per heavy atom. The van der Waals surface area contributed by atoms with E-state index in [4.69, 9.17) is 9.47 Å². The minimum atomic E-state index is -0.551. The predicted molar refractivity (Wildman–Crippen MR) is 142 cm³/mol. The van der Waals surface area contributed by atoms with Crippen LogP contribution in [0.1, 0.15) is 15.9 Å². The van der Waals surface area contributed by atoms with Crippen LogP contribution in [0.25, 0.3) is 10.8 Å². The van der Waals surface area contributed by atoms with Crippen molar-refractivity contribution in [3.63, 3.8) is 0 Å². The molecule has 2 amide bonds. The highest BCUT2D eigenvalue weighted by Gasteiger charge is 2.14. The van der Waals surface area contributed by atoms with Crippen molar-refractivity contribution in [3.05, 3.63) is 94.5 Å². The second kappa shape index (κ2) is 11.4. The Morgan fingerprint density at radius 2 is 1.69 bits per heavy atom. The number of nitrogens with zero attached hydrogens (tertiary/aromatic N) is 1. The predicted octanol–water partition coefficient (Wildman–Crippen LogP) is 5.10. The number of aromatic hydroxyl groups is 1. The zero-order chi connectivity index (χ0) is 25.5. The van der Waals surface area contributed by atoms with Gasteiger partial charge in [-0.1, -0.05) is 42.5 Å². The first-order chi connectivity index (χ1) is 17.4. The number of phenolic OH excluding ortho intramolecular Hbond substituents is 1. The number of hydrazone groups is 1. The Hall–Kier alpha value is -4.37. The highest BCUT2D eigenvalue weighted by Crippen LogP contribution is 2.36. The number of carbonyl (C=O) groups is 2. The summed E-state index contributed by atoms with van der Waals surface area (Å²) in [6.45, 7) is -0.220. The smallest absolute Gasteiger partial charge is 0.275 e. The average Bonchev–Trinajstić information content (AvgIpc) is 2.87. The number of fused-ring (bicyclic) bond motifs is 1. The van der Waals surface area contributed by atoms with Gasteiger partial charge in [0, 0.05) is 5.69 Å². The van der Waals surface area contributed by atoms with E-state index in [9.17, 15) is 14.7 Å². The monoisotopic (exact) mass is 547 g/mol. The van der Waals surface area contributed by atoms with Gasteiger partial charge < -0.3 is 19.9 Å². The number of nitrogens with one attached hydrogen (secondary N) is 2. The maximum atomic E-state index is 12.5. The fourth-order valence-electron chi connectivity index (χ4n) is 3.45. The number of ether oxygens (including phenoxy) is 2. The zero-order valence-corrected chi connectivity index (χ0v) is 20.8. The number of halogens is 1. The number of methoxy groups -OCH3 is 1. The van der Waals surface area contributed by atoms with E-state index >= 15 is 0 Å². The summed E-state index contributed by atoms with van der Waals surface area (Å²) in [5, 5.41) is 18.6. The molecule has 0 aromatic heterocycles. The molecule has 182 valence electrons. The van der Waals surface area contributed by atoms with Crippen molar-refractivity contribution in [1.29, 1.82) is 0 Å². The molecule has 4 aromatic rings. The number of hydrogen-bond acceptors (Lipinski definition) is 6.